The molecule has 0 aliphatic carbocycles. The number of rotatable bonds is 2. The first-order valence-corrected chi connectivity index (χ1v) is 7.49. The molecule has 1 rings (SSSR count). The highest BCUT2D eigenvalue weighted by Gasteiger charge is 2.11. The van der Waals surface area contributed by atoms with Crippen molar-refractivity contribution in [1.82, 2.24) is 0 Å². The molecule has 1 aromatic rings. The number of hydrogen-bond acceptors (Lipinski definition) is 1. The molecule has 96 valence electrons. The third-order valence-corrected chi connectivity index (χ3v) is 3.67. The minimum absolute atomic E-state index is 0.675. The van der Waals surface area contributed by atoms with Crippen LogP contribution in [0.3, 0.4) is 0 Å². The highest BCUT2D eigenvalue weighted by atomic mass is 32.1. The average Bonchev–Trinajstić information content (AvgIpc) is 2.66. The molecule has 0 N–H and O–H groups in total. The van der Waals surface area contributed by atoms with Gasteiger partial charge in [-0.3, -0.25) is 0 Å². The van der Waals surface area contributed by atoms with Crippen molar-refractivity contribution >= 4 is 11.3 Å². The first kappa shape index (κ1) is 18.1. The van der Waals surface area contributed by atoms with E-state index in [2.05, 4.69) is 40.0 Å². The van der Waals surface area contributed by atoms with E-state index in [1.165, 1.54) is 11.1 Å². The van der Waals surface area contributed by atoms with Crippen LogP contribution in [0.15, 0.2) is 5.38 Å². The fourth-order valence-electron chi connectivity index (χ4n) is 1.58. The van der Waals surface area contributed by atoms with E-state index in [0.29, 0.717) is 11.8 Å². The topological polar surface area (TPSA) is 0 Å². The van der Waals surface area contributed by atoms with Gasteiger partial charge in [-0.1, -0.05) is 55.4 Å². The van der Waals surface area contributed by atoms with Crippen LogP contribution in [-0.2, 0) is 0 Å². The van der Waals surface area contributed by atoms with Gasteiger partial charge < -0.3 is 0 Å². The summed E-state index contributed by atoms with van der Waals surface area (Å²) in [6.45, 7) is 19.3. The van der Waals surface area contributed by atoms with Gasteiger partial charge >= 0.3 is 0 Å². The quantitative estimate of drug-likeness (QED) is 0.566. The first-order valence-electron chi connectivity index (χ1n) is 6.62. The van der Waals surface area contributed by atoms with E-state index < -0.39 is 0 Å². The number of thiophene rings is 1. The van der Waals surface area contributed by atoms with Crippen LogP contribution < -0.4 is 0 Å². The van der Waals surface area contributed by atoms with Crippen LogP contribution in [-0.4, -0.2) is 0 Å². The van der Waals surface area contributed by atoms with E-state index in [0.717, 1.165) is 0 Å². The summed E-state index contributed by atoms with van der Waals surface area (Å²) in [5, 5.41) is 2.31. The summed E-state index contributed by atoms with van der Waals surface area (Å²) in [6.07, 6.45) is 0. The van der Waals surface area contributed by atoms with E-state index >= 15 is 0 Å². The Morgan fingerprint density at radius 1 is 0.875 bits per heavy atom. The SMILES string of the molecule is CC.CC.Cc1c(C(C)C)csc1C(C)C. The molecule has 1 aromatic heterocycles. The standard InChI is InChI=1S/C11H18S.2C2H6/c1-7(2)10-6-12-11(8(3)4)9(10)5;2*1-2/h6-8H,1-5H3;2*1-2H3. The molecule has 0 unspecified atom stereocenters. The molecule has 16 heavy (non-hydrogen) atoms. The Morgan fingerprint density at radius 3 is 1.50 bits per heavy atom. The predicted octanol–water partition coefficient (Wildman–Crippen LogP) is 6.36. The van der Waals surface area contributed by atoms with Crippen LogP contribution in [0.2, 0.25) is 0 Å². The molecule has 0 aliphatic heterocycles. The van der Waals surface area contributed by atoms with Gasteiger partial charge in [-0.15, -0.1) is 11.3 Å². The summed E-state index contributed by atoms with van der Waals surface area (Å²) >= 11 is 1.91. The third kappa shape index (κ3) is 5.16. The smallest absolute Gasteiger partial charge is 0.0103 e. The van der Waals surface area contributed by atoms with Crippen molar-refractivity contribution in [3.63, 3.8) is 0 Å². The highest BCUT2D eigenvalue weighted by molar-refractivity contribution is 7.10. The van der Waals surface area contributed by atoms with Gasteiger partial charge in [0.25, 0.3) is 0 Å². The lowest BCUT2D eigenvalue weighted by atomic mass is 9.99. The Kier molecular flexibility index (Phi) is 11.2. The summed E-state index contributed by atoms with van der Waals surface area (Å²) in [6, 6.07) is 0. The van der Waals surface area contributed by atoms with E-state index in [1.54, 1.807) is 4.88 Å². The lowest BCUT2D eigenvalue weighted by Gasteiger charge is -2.06. The summed E-state index contributed by atoms with van der Waals surface area (Å²) in [7, 11) is 0. The molecule has 0 aromatic carbocycles. The molecule has 0 amide bonds. The average molecular weight is 242 g/mol. The summed E-state index contributed by atoms with van der Waals surface area (Å²) < 4.78 is 0. The zero-order valence-corrected chi connectivity index (χ0v) is 13.5. The number of hydrogen-bond donors (Lipinski definition) is 0. The van der Waals surface area contributed by atoms with E-state index in [4.69, 9.17) is 0 Å². The van der Waals surface area contributed by atoms with E-state index in [9.17, 15) is 0 Å². The molecule has 0 aliphatic rings. The Bertz CT molecular complexity index is 231. The Labute approximate surface area is 107 Å². The summed E-state index contributed by atoms with van der Waals surface area (Å²) in [5.74, 6) is 1.36. The van der Waals surface area contributed by atoms with Crippen molar-refractivity contribution in [1.29, 1.82) is 0 Å². The normalized spacial score (nSPS) is 9.44. The second kappa shape index (κ2) is 9.89. The molecule has 0 spiro atoms. The van der Waals surface area contributed by atoms with Crippen LogP contribution in [0.5, 0.6) is 0 Å². The lowest BCUT2D eigenvalue weighted by molar-refractivity contribution is 0.840. The molecular weight excluding hydrogens is 212 g/mol. The lowest BCUT2D eigenvalue weighted by Crippen LogP contribution is -1.90. The highest BCUT2D eigenvalue weighted by Crippen LogP contribution is 2.32. The van der Waals surface area contributed by atoms with Crippen molar-refractivity contribution in [3.8, 4) is 0 Å². The second-order valence-electron chi connectivity index (χ2n) is 3.99. The van der Waals surface area contributed by atoms with Crippen molar-refractivity contribution in [3.05, 3.63) is 21.4 Å². The van der Waals surface area contributed by atoms with Crippen LogP contribution in [0, 0.1) is 6.92 Å². The minimum Gasteiger partial charge on any atom is -0.148 e. The fourth-order valence-corrected chi connectivity index (χ4v) is 2.85. The third-order valence-electron chi connectivity index (χ3n) is 2.26. The van der Waals surface area contributed by atoms with Crippen molar-refractivity contribution in [2.75, 3.05) is 0 Å². The van der Waals surface area contributed by atoms with Gasteiger partial charge in [-0.05, 0) is 35.3 Å². The van der Waals surface area contributed by atoms with Crippen molar-refractivity contribution in [2.45, 2.75) is 74.1 Å². The van der Waals surface area contributed by atoms with Crippen LogP contribution >= 0.6 is 11.3 Å². The summed E-state index contributed by atoms with van der Waals surface area (Å²) in [5.41, 5.74) is 3.05. The van der Waals surface area contributed by atoms with Crippen molar-refractivity contribution < 1.29 is 0 Å². The Hall–Kier alpha value is -0.300. The maximum atomic E-state index is 2.31. The molecule has 1 heterocycles. The molecule has 1 heteroatoms. The van der Waals surface area contributed by atoms with Gasteiger partial charge in [0.2, 0.25) is 0 Å². The first-order chi connectivity index (χ1) is 7.54. The second-order valence-corrected chi connectivity index (χ2v) is 4.90. The van der Waals surface area contributed by atoms with Gasteiger partial charge in [0.05, 0.1) is 0 Å². The molecule has 0 fully saturated rings. The maximum Gasteiger partial charge on any atom is 0.0103 e. The van der Waals surface area contributed by atoms with Gasteiger partial charge in [0, 0.05) is 4.88 Å². The fraction of sp³-hybridized carbons (Fsp3) is 0.733. The van der Waals surface area contributed by atoms with Gasteiger partial charge in [0.15, 0.2) is 0 Å². The van der Waals surface area contributed by atoms with Gasteiger partial charge in [0.1, 0.15) is 0 Å². The zero-order chi connectivity index (χ0) is 13.3. The molecule has 0 nitrogen and oxygen atoms in total. The largest absolute Gasteiger partial charge is 0.148 e. The van der Waals surface area contributed by atoms with E-state index in [1.807, 2.05) is 39.0 Å². The molecule has 0 saturated carbocycles. The van der Waals surface area contributed by atoms with Crippen LogP contribution in [0.1, 0.15) is 83.2 Å². The molecule has 0 saturated heterocycles. The minimum atomic E-state index is 0.675. The molecule has 0 bridgehead atoms. The summed E-state index contributed by atoms with van der Waals surface area (Å²) in [4.78, 5) is 1.55. The zero-order valence-electron chi connectivity index (χ0n) is 12.6. The van der Waals surface area contributed by atoms with E-state index in [-0.39, 0.29) is 0 Å². The Balaban J connectivity index is 0. The predicted molar refractivity (Wildman–Crippen MR) is 79.9 cm³/mol. The van der Waals surface area contributed by atoms with Crippen molar-refractivity contribution in [2.24, 2.45) is 0 Å². The van der Waals surface area contributed by atoms with Crippen LogP contribution in [0.4, 0.5) is 0 Å². The van der Waals surface area contributed by atoms with Gasteiger partial charge in [-0.25, -0.2) is 0 Å². The van der Waals surface area contributed by atoms with Gasteiger partial charge in [-0.2, -0.15) is 0 Å². The molecule has 0 atom stereocenters. The maximum absolute atomic E-state index is 2.31. The molecular formula is C15H30S. The Morgan fingerprint density at radius 2 is 1.31 bits per heavy atom. The molecule has 0 radical (unpaired) electrons. The van der Waals surface area contributed by atoms with Crippen LogP contribution in [0.25, 0.3) is 0 Å². The monoisotopic (exact) mass is 242 g/mol.